The van der Waals surface area contributed by atoms with Crippen LogP contribution in [0.4, 0.5) is 13.2 Å². The van der Waals surface area contributed by atoms with E-state index in [2.05, 4.69) is 4.74 Å². The molecule has 0 aliphatic rings. The van der Waals surface area contributed by atoms with Gasteiger partial charge in [-0.3, -0.25) is 4.79 Å². The predicted octanol–water partition coefficient (Wildman–Crippen LogP) is 2.67. The fourth-order valence-electron chi connectivity index (χ4n) is 1.07. The highest BCUT2D eigenvalue weighted by Crippen LogP contribution is 2.31. The average Bonchev–Trinajstić information content (AvgIpc) is 2.17. The minimum absolute atomic E-state index is 0.0181. The molecule has 0 atom stereocenters. The summed E-state index contributed by atoms with van der Waals surface area (Å²) in [5, 5.41) is -0.194. The highest BCUT2D eigenvalue weighted by Gasteiger charge is 2.31. The number of rotatable bonds is 4. The molecule has 0 saturated heterocycles. The van der Waals surface area contributed by atoms with Gasteiger partial charge in [-0.15, -0.1) is 13.2 Å². The molecule has 0 aliphatic heterocycles. The highest BCUT2D eigenvalue weighted by molar-refractivity contribution is 6.32. The van der Waals surface area contributed by atoms with Gasteiger partial charge >= 0.3 is 6.36 Å². The third-order valence-electron chi connectivity index (χ3n) is 1.72. The molecule has 17 heavy (non-hydrogen) atoms. The highest BCUT2D eigenvalue weighted by atomic mass is 35.5. The maximum atomic E-state index is 11.9. The number of alkyl halides is 3. The Labute approximate surface area is 100 Å². The summed E-state index contributed by atoms with van der Waals surface area (Å²) < 4.78 is 39.5. The van der Waals surface area contributed by atoms with Gasteiger partial charge in [0.05, 0.1) is 5.02 Å². The summed E-state index contributed by atoms with van der Waals surface area (Å²) in [4.78, 5) is 10.5. The number of carbonyl (C=O) groups excluding carboxylic acids is 1. The molecule has 1 amide bonds. The zero-order valence-electron chi connectivity index (χ0n) is 8.42. The van der Waals surface area contributed by atoms with Crippen molar-refractivity contribution in [3.63, 3.8) is 0 Å². The second-order valence-corrected chi connectivity index (χ2v) is 3.52. The number of halogens is 4. The van der Waals surface area contributed by atoms with Crippen LogP contribution in [-0.4, -0.2) is 12.3 Å². The van der Waals surface area contributed by atoms with E-state index in [-0.39, 0.29) is 11.4 Å². The average molecular weight is 267 g/mol. The first-order valence-corrected chi connectivity index (χ1v) is 4.82. The largest absolute Gasteiger partial charge is 0.573 e. The summed E-state index contributed by atoms with van der Waals surface area (Å²) in [6, 6.07) is 3.67. The number of nitrogens with two attached hydrogens (primary N) is 1. The molecule has 1 aromatic rings. The molecule has 1 aromatic carbocycles. The molecule has 0 heterocycles. The Morgan fingerprint density at radius 1 is 1.47 bits per heavy atom. The monoisotopic (exact) mass is 266 g/mol. The number of hydrogen-bond acceptors (Lipinski definition) is 2. The Hall–Kier alpha value is -1.43. The molecule has 0 fully saturated rings. The Kier molecular flexibility index (Phi) is 4.22. The predicted molar refractivity (Wildman–Crippen MR) is 55.3 cm³/mol. The van der Waals surface area contributed by atoms with Crippen molar-refractivity contribution in [2.75, 3.05) is 0 Å². The van der Waals surface area contributed by atoms with Gasteiger partial charge in [-0.2, -0.15) is 0 Å². The van der Waals surface area contributed by atoms with Gasteiger partial charge in [0.1, 0.15) is 5.75 Å². The van der Waals surface area contributed by atoms with E-state index in [0.717, 1.165) is 6.07 Å². The van der Waals surface area contributed by atoms with Crippen molar-refractivity contribution >= 4 is 17.5 Å². The molecule has 0 saturated carbocycles. The van der Waals surface area contributed by atoms with Gasteiger partial charge in [0, 0.05) is 12.8 Å². The van der Waals surface area contributed by atoms with Crippen LogP contribution in [0.25, 0.3) is 0 Å². The van der Waals surface area contributed by atoms with Crippen LogP contribution in [0.1, 0.15) is 12.0 Å². The maximum Gasteiger partial charge on any atom is 0.573 e. The van der Waals surface area contributed by atoms with E-state index in [1.165, 1.54) is 18.6 Å². The molecular weight excluding hydrogens is 259 g/mol. The molecule has 2 N–H and O–H groups in total. The number of hydrogen-bond donors (Lipinski definition) is 1. The van der Waals surface area contributed by atoms with Gasteiger partial charge in [0.2, 0.25) is 5.91 Å². The third-order valence-corrected chi connectivity index (χ3v) is 2.02. The fourth-order valence-corrected chi connectivity index (χ4v) is 1.30. The summed E-state index contributed by atoms with van der Waals surface area (Å²) in [6.07, 6.45) is -3.36. The van der Waals surface area contributed by atoms with Crippen LogP contribution in [0, 0.1) is 6.42 Å². The van der Waals surface area contributed by atoms with Crippen LogP contribution >= 0.6 is 11.6 Å². The van der Waals surface area contributed by atoms with E-state index in [1.54, 1.807) is 0 Å². The molecular formula is C10H8ClF3NO2. The smallest absolute Gasteiger partial charge is 0.404 e. The minimum atomic E-state index is -4.79. The van der Waals surface area contributed by atoms with Gasteiger partial charge in [0.25, 0.3) is 0 Å². The van der Waals surface area contributed by atoms with Crippen molar-refractivity contribution in [3.05, 3.63) is 35.2 Å². The zero-order chi connectivity index (χ0) is 13.1. The first-order chi connectivity index (χ1) is 7.78. The summed E-state index contributed by atoms with van der Waals surface area (Å²) in [5.41, 5.74) is 5.40. The molecule has 7 heteroatoms. The van der Waals surface area contributed by atoms with Crippen molar-refractivity contribution in [1.29, 1.82) is 0 Å². The first kappa shape index (κ1) is 13.6. The lowest BCUT2D eigenvalue weighted by molar-refractivity contribution is -0.274. The molecule has 0 aliphatic carbocycles. The SMILES string of the molecule is NC(=O)C[CH]c1ccc(OC(F)(F)F)c(Cl)c1. The standard InChI is InChI=1S/C10H8ClF3NO2/c11-7-5-6(2-4-9(15)16)1-3-8(7)17-10(12,13)14/h1-3,5H,4H2,(H2,15,16). The number of primary amides is 1. The van der Waals surface area contributed by atoms with Gasteiger partial charge in [0.15, 0.2) is 0 Å². The van der Waals surface area contributed by atoms with Crippen molar-refractivity contribution in [2.24, 2.45) is 5.73 Å². The van der Waals surface area contributed by atoms with Gasteiger partial charge in [-0.1, -0.05) is 17.7 Å². The van der Waals surface area contributed by atoms with Crippen LogP contribution in [0.5, 0.6) is 5.75 Å². The molecule has 1 rings (SSSR count). The van der Waals surface area contributed by atoms with Crippen molar-refractivity contribution in [3.8, 4) is 5.75 Å². The Morgan fingerprint density at radius 3 is 2.59 bits per heavy atom. The fraction of sp³-hybridized carbons (Fsp3) is 0.200. The summed E-state index contributed by atoms with van der Waals surface area (Å²) in [6.45, 7) is 0. The molecule has 0 spiro atoms. The van der Waals surface area contributed by atoms with Crippen LogP contribution < -0.4 is 10.5 Å². The van der Waals surface area contributed by atoms with E-state index in [9.17, 15) is 18.0 Å². The van der Waals surface area contributed by atoms with E-state index in [1.807, 2.05) is 0 Å². The number of benzene rings is 1. The van der Waals surface area contributed by atoms with Gasteiger partial charge in [-0.05, 0) is 17.7 Å². The number of amides is 1. The minimum Gasteiger partial charge on any atom is -0.404 e. The second kappa shape index (κ2) is 5.27. The molecule has 1 radical (unpaired) electrons. The lowest BCUT2D eigenvalue weighted by Crippen LogP contribution is -2.17. The quantitative estimate of drug-likeness (QED) is 0.911. The molecule has 0 bridgehead atoms. The number of ether oxygens (including phenoxy) is 1. The lowest BCUT2D eigenvalue weighted by atomic mass is 10.1. The summed E-state index contributed by atoms with van der Waals surface area (Å²) >= 11 is 5.59. The van der Waals surface area contributed by atoms with Crippen molar-refractivity contribution < 1.29 is 22.7 Å². The molecule has 0 unspecified atom stereocenters. The Morgan fingerprint density at radius 2 is 2.12 bits per heavy atom. The van der Waals surface area contributed by atoms with Gasteiger partial charge < -0.3 is 10.5 Å². The van der Waals surface area contributed by atoms with E-state index < -0.39 is 18.0 Å². The Bertz CT molecular complexity index is 421. The van der Waals surface area contributed by atoms with Crippen LogP contribution in [0.2, 0.25) is 5.02 Å². The molecule has 3 nitrogen and oxygen atoms in total. The molecule has 93 valence electrons. The second-order valence-electron chi connectivity index (χ2n) is 3.11. The van der Waals surface area contributed by atoms with Crippen molar-refractivity contribution in [2.45, 2.75) is 12.8 Å². The topological polar surface area (TPSA) is 52.3 Å². The van der Waals surface area contributed by atoms with Crippen LogP contribution in [0.15, 0.2) is 18.2 Å². The summed E-state index contributed by atoms with van der Waals surface area (Å²) in [7, 11) is 0. The first-order valence-electron chi connectivity index (χ1n) is 4.45. The van der Waals surface area contributed by atoms with Gasteiger partial charge in [-0.25, -0.2) is 0 Å². The van der Waals surface area contributed by atoms with E-state index in [0.29, 0.717) is 5.56 Å². The van der Waals surface area contributed by atoms with Crippen molar-refractivity contribution in [1.82, 2.24) is 0 Å². The maximum absolute atomic E-state index is 11.9. The lowest BCUT2D eigenvalue weighted by Gasteiger charge is -2.11. The third kappa shape index (κ3) is 4.95. The number of carbonyl (C=O) groups is 1. The normalized spacial score (nSPS) is 11.3. The zero-order valence-corrected chi connectivity index (χ0v) is 9.18. The Balaban J connectivity index is 2.76. The van der Waals surface area contributed by atoms with Crippen LogP contribution in [-0.2, 0) is 4.79 Å². The van der Waals surface area contributed by atoms with Crippen LogP contribution in [0.3, 0.4) is 0 Å². The van der Waals surface area contributed by atoms with E-state index >= 15 is 0 Å². The van der Waals surface area contributed by atoms with E-state index in [4.69, 9.17) is 17.3 Å². The summed E-state index contributed by atoms with van der Waals surface area (Å²) in [5.74, 6) is -1.04. The molecule has 0 aromatic heterocycles.